The van der Waals surface area contributed by atoms with Crippen LogP contribution in [0.3, 0.4) is 0 Å². The average Bonchev–Trinajstić information content (AvgIpc) is 2.48. The van der Waals surface area contributed by atoms with Gasteiger partial charge in [0.15, 0.2) is 0 Å². The van der Waals surface area contributed by atoms with Crippen molar-refractivity contribution in [3.8, 4) is 11.5 Å². The maximum Gasteiger partial charge on any atom is 0.123 e. The highest BCUT2D eigenvalue weighted by molar-refractivity contribution is 9.08. The molecule has 100 valence electrons. The average molecular weight is 321 g/mol. The van der Waals surface area contributed by atoms with Crippen molar-refractivity contribution in [2.24, 2.45) is 0 Å². The molecule has 2 aromatic rings. The SMILES string of the molecule is COc1ccc(CCOc2ccccc2CBr)cc1. The van der Waals surface area contributed by atoms with E-state index in [4.69, 9.17) is 9.47 Å². The van der Waals surface area contributed by atoms with Gasteiger partial charge in [-0.15, -0.1) is 0 Å². The van der Waals surface area contributed by atoms with Crippen LogP contribution in [-0.2, 0) is 11.8 Å². The Morgan fingerprint density at radius 3 is 2.42 bits per heavy atom. The fourth-order valence-corrected chi connectivity index (χ4v) is 2.29. The lowest BCUT2D eigenvalue weighted by molar-refractivity contribution is 0.319. The van der Waals surface area contributed by atoms with Crippen LogP contribution in [0.5, 0.6) is 11.5 Å². The lowest BCUT2D eigenvalue weighted by Crippen LogP contribution is -2.02. The Kier molecular flexibility index (Phi) is 5.28. The van der Waals surface area contributed by atoms with Gasteiger partial charge in [0.05, 0.1) is 13.7 Å². The minimum Gasteiger partial charge on any atom is -0.497 e. The van der Waals surface area contributed by atoms with E-state index in [0.717, 1.165) is 23.2 Å². The van der Waals surface area contributed by atoms with Crippen molar-refractivity contribution in [2.45, 2.75) is 11.8 Å². The van der Waals surface area contributed by atoms with E-state index >= 15 is 0 Å². The quantitative estimate of drug-likeness (QED) is 0.742. The second-order valence-electron chi connectivity index (χ2n) is 4.19. The Morgan fingerprint density at radius 2 is 1.74 bits per heavy atom. The van der Waals surface area contributed by atoms with Gasteiger partial charge < -0.3 is 9.47 Å². The van der Waals surface area contributed by atoms with Gasteiger partial charge >= 0.3 is 0 Å². The molecule has 0 aromatic heterocycles. The number of alkyl halides is 1. The number of benzene rings is 2. The van der Waals surface area contributed by atoms with Gasteiger partial charge in [-0.25, -0.2) is 0 Å². The van der Waals surface area contributed by atoms with Crippen molar-refractivity contribution in [1.82, 2.24) is 0 Å². The first kappa shape index (κ1) is 13.9. The fraction of sp³-hybridized carbons (Fsp3) is 0.250. The molecule has 0 saturated carbocycles. The molecule has 0 aliphatic heterocycles. The van der Waals surface area contributed by atoms with E-state index in [1.54, 1.807) is 7.11 Å². The summed E-state index contributed by atoms with van der Waals surface area (Å²) in [6.45, 7) is 0.677. The van der Waals surface area contributed by atoms with Crippen LogP contribution in [-0.4, -0.2) is 13.7 Å². The topological polar surface area (TPSA) is 18.5 Å². The van der Waals surface area contributed by atoms with E-state index in [0.29, 0.717) is 6.61 Å². The second kappa shape index (κ2) is 7.19. The largest absolute Gasteiger partial charge is 0.497 e. The van der Waals surface area contributed by atoms with Crippen LogP contribution in [0.15, 0.2) is 48.5 Å². The second-order valence-corrected chi connectivity index (χ2v) is 4.75. The maximum atomic E-state index is 5.83. The number of hydrogen-bond acceptors (Lipinski definition) is 2. The zero-order chi connectivity index (χ0) is 13.5. The van der Waals surface area contributed by atoms with Crippen molar-refractivity contribution in [3.63, 3.8) is 0 Å². The minimum absolute atomic E-state index is 0.677. The first-order valence-electron chi connectivity index (χ1n) is 6.23. The zero-order valence-corrected chi connectivity index (χ0v) is 12.5. The van der Waals surface area contributed by atoms with Crippen LogP contribution in [0.4, 0.5) is 0 Å². The molecule has 2 aromatic carbocycles. The molecule has 2 nitrogen and oxygen atoms in total. The predicted molar refractivity (Wildman–Crippen MR) is 81.3 cm³/mol. The molecule has 0 spiro atoms. The van der Waals surface area contributed by atoms with E-state index in [2.05, 4.69) is 34.1 Å². The van der Waals surface area contributed by atoms with Crippen LogP contribution >= 0.6 is 15.9 Å². The summed E-state index contributed by atoms with van der Waals surface area (Å²) in [7, 11) is 1.68. The normalized spacial score (nSPS) is 10.2. The molecule has 0 amide bonds. The molecule has 0 aliphatic rings. The molecule has 0 fully saturated rings. The molecule has 19 heavy (non-hydrogen) atoms. The van der Waals surface area contributed by atoms with Crippen LogP contribution < -0.4 is 9.47 Å². The number of hydrogen-bond donors (Lipinski definition) is 0. The summed E-state index contributed by atoms with van der Waals surface area (Å²) in [6.07, 6.45) is 0.889. The molecule has 0 bridgehead atoms. The number of methoxy groups -OCH3 is 1. The Morgan fingerprint density at radius 1 is 1.00 bits per heavy atom. The highest BCUT2D eigenvalue weighted by Crippen LogP contribution is 2.20. The van der Waals surface area contributed by atoms with Gasteiger partial charge in [0, 0.05) is 17.3 Å². The third-order valence-electron chi connectivity index (χ3n) is 2.92. The Bertz CT molecular complexity index is 508. The summed E-state index contributed by atoms with van der Waals surface area (Å²) >= 11 is 3.47. The smallest absolute Gasteiger partial charge is 0.123 e. The minimum atomic E-state index is 0.677. The van der Waals surface area contributed by atoms with Crippen LogP contribution in [0.2, 0.25) is 0 Å². The molecule has 0 radical (unpaired) electrons. The molecule has 2 rings (SSSR count). The molecular weight excluding hydrogens is 304 g/mol. The summed E-state index contributed by atoms with van der Waals surface area (Å²) in [6, 6.07) is 16.2. The fourth-order valence-electron chi connectivity index (χ4n) is 1.83. The first-order valence-corrected chi connectivity index (χ1v) is 7.35. The van der Waals surface area contributed by atoms with Crippen LogP contribution in [0, 0.1) is 0 Å². The van der Waals surface area contributed by atoms with E-state index in [9.17, 15) is 0 Å². The molecule has 0 saturated heterocycles. The third-order valence-corrected chi connectivity index (χ3v) is 3.53. The van der Waals surface area contributed by atoms with Crippen LogP contribution in [0.25, 0.3) is 0 Å². The van der Waals surface area contributed by atoms with Gasteiger partial charge in [-0.2, -0.15) is 0 Å². The number of ether oxygens (including phenoxy) is 2. The van der Waals surface area contributed by atoms with Crippen molar-refractivity contribution in [3.05, 3.63) is 59.7 Å². The van der Waals surface area contributed by atoms with Gasteiger partial charge in [0.2, 0.25) is 0 Å². The highest BCUT2D eigenvalue weighted by atomic mass is 79.9. The third kappa shape index (κ3) is 4.00. The summed E-state index contributed by atoms with van der Waals surface area (Å²) in [5, 5.41) is 0.811. The van der Waals surface area contributed by atoms with Gasteiger partial charge in [-0.1, -0.05) is 46.3 Å². The van der Waals surface area contributed by atoms with Crippen LogP contribution in [0.1, 0.15) is 11.1 Å². The molecule has 0 heterocycles. The first-order chi connectivity index (χ1) is 9.33. The Balaban J connectivity index is 1.88. The lowest BCUT2D eigenvalue weighted by Gasteiger charge is -2.10. The van der Waals surface area contributed by atoms with Crippen molar-refractivity contribution in [1.29, 1.82) is 0 Å². The summed E-state index contributed by atoms with van der Waals surface area (Å²) in [5.41, 5.74) is 2.43. The van der Waals surface area contributed by atoms with Gasteiger partial charge in [-0.3, -0.25) is 0 Å². The van der Waals surface area contributed by atoms with E-state index in [1.807, 2.05) is 30.3 Å². The monoisotopic (exact) mass is 320 g/mol. The Hall–Kier alpha value is -1.48. The molecule has 0 N–H and O–H groups in total. The molecular formula is C16H17BrO2. The predicted octanol–water partition coefficient (Wildman–Crippen LogP) is 4.21. The molecule has 0 unspecified atom stereocenters. The van der Waals surface area contributed by atoms with E-state index in [-0.39, 0.29) is 0 Å². The van der Waals surface area contributed by atoms with Crippen molar-refractivity contribution >= 4 is 15.9 Å². The van der Waals surface area contributed by atoms with Crippen molar-refractivity contribution < 1.29 is 9.47 Å². The van der Waals surface area contributed by atoms with Gasteiger partial charge in [-0.05, 0) is 23.8 Å². The number of para-hydroxylation sites is 1. The maximum absolute atomic E-state index is 5.83. The molecule has 3 heteroatoms. The number of rotatable bonds is 6. The summed E-state index contributed by atoms with van der Waals surface area (Å²) in [5.74, 6) is 1.84. The molecule has 0 atom stereocenters. The zero-order valence-electron chi connectivity index (χ0n) is 10.9. The van der Waals surface area contributed by atoms with E-state index in [1.165, 1.54) is 11.1 Å². The lowest BCUT2D eigenvalue weighted by atomic mass is 10.1. The number of halogens is 1. The van der Waals surface area contributed by atoms with Gasteiger partial charge in [0.1, 0.15) is 11.5 Å². The highest BCUT2D eigenvalue weighted by Gasteiger charge is 2.01. The van der Waals surface area contributed by atoms with Crippen molar-refractivity contribution in [2.75, 3.05) is 13.7 Å². The molecule has 0 aliphatic carbocycles. The Labute approximate surface area is 122 Å². The standard InChI is InChI=1S/C16H17BrO2/c1-18-15-8-6-13(7-9-15)10-11-19-16-5-3-2-4-14(16)12-17/h2-9H,10-12H2,1H3. The summed E-state index contributed by atoms with van der Waals surface area (Å²) in [4.78, 5) is 0. The van der Waals surface area contributed by atoms with Gasteiger partial charge in [0.25, 0.3) is 0 Å². The van der Waals surface area contributed by atoms with E-state index < -0.39 is 0 Å². The summed E-state index contributed by atoms with van der Waals surface area (Å²) < 4.78 is 11.0.